The number of imide groups is 1. The van der Waals surface area contributed by atoms with Gasteiger partial charge in [0, 0.05) is 12.6 Å². The van der Waals surface area contributed by atoms with Crippen molar-refractivity contribution in [3.8, 4) is 0 Å². The van der Waals surface area contributed by atoms with Gasteiger partial charge >= 0.3 is 6.03 Å². The fraction of sp³-hybridized carbons (Fsp3) is 0.818. The quantitative estimate of drug-likeness (QED) is 0.593. The number of urea groups is 1. The number of carbonyl (C=O) groups is 2. The number of piperidine rings is 1. The van der Waals surface area contributed by atoms with Crippen LogP contribution in [0.4, 0.5) is 4.79 Å². The highest BCUT2D eigenvalue weighted by Gasteiger charge is 2.38. The van der Waals surface area contributed by atoms with Crippen LogP contribution in [-0.4, -0.2) is 48.6 Å². The summed E-state index contributed by atoms with van der Waals surface area (Å²) >= 11 is 0. The van der Waals surface area contributed by atoms with Crippen LogP contribution in [0.15, 0.2) is 0 Å². The number of carbonyl (C=O) groups excluding carboxylic acids is 2. The molecule has 0 aromatic carbocycles. The van der Waals surface area contributed by atoms with Gasteiger partial charge in [-0.3, -0.25) is 15.0 Å². The molecule has 2 rings (SSSR count). The van der Waals surface area contributed by atoms with Crippen LogP contribution in [0.25, 0.3) is 0 Å². The van der Waals surface area contributed by atoms with Crippen molar-refractivity contribution in [2.24, 2.45) is 11.7 Å². The monoisotopic (exact) mass is 240 g/mol. The number of amides is 3. The lowest BCUT2D eigenvalue weighted by Gasteiger charge is -2.40. The molecule has 3 unspecified atom stereocenters. The van der Waals surface area contributed by atoms with Crippen LogP contribution in [0.2, 0.25) is 0 Å². The van der Waals surface area contributed by atoms with Gasteiger partial charge in [0.1, 0.15) is 0 Å². The largest absolute Gasteiger partial charge is 0.351 e. The number of nitrogens with two attached hydrogens (primary N) is 1. The van der Waals surface area contributed by atoms with E-state index in [0.717, 1.165) is 26.1 Å². The average Bonchev–Trinajstić information content (AvgIpc) is 2.74. The third kappa shape index (κ3) is 2.58. The summed E-state index contributed by atoms with van der Waals surface area (Å²) in [6.07, 6.45) is 2.33. The maximum absolute atomic E-state index is 11.8. The SMILES string of the molecule is CC(C(=O)NC(N)=O)N1CCCC2CNCC21. The van der Waals surface area contributed by atoms with Crippen LogP contribution >= 0.6 is 0 Å². The minimum atomic E-state index is -0.778. The van der Waals surface area contributed by atoms with E-state index in [0.29, 0.717) is 12.0 Å². The molecule has 2 aliphatic heterocycles. The molecule has 0 aliphatic carbocycles. The lowest BCUT2D eigenvalue weighted by molar-refractivity contribution is -0.126. The van der Waals surface area contributed by atoms with E-state index in [1.54, 1.807) is 0 Å². The van der Waals surface area contributed by atoms with Crippen LogP contribution in [0.1, 0.15) is 19.8 Å². The summed E-state index contributed by atoms with van der Waals surface area (Å²) in [6, 6.07) is -0.660. The molecule has 6 nitrogen and oxygen atoms in total. The number of hydrogen-bond donors (Lipinski definition) is 3. The van der Waals surface area contributed by atoms with Crippen LogP contribution in [0, 0.1) is 5.92 Å². The van der Waals surface area contributed by atoms with Gasteiger partial charge in [-0.05, 0) is 38.8 Å². The first-order valence-electron chi connectivity index (χ1n) is 6.16. The number of nitrogens with zero attached hydrogens (tertiary/aromatic N) is 1. The first-order valence-corrected chi connectivity index (χ1v) is 6.16. The van der Waals surface area contributed by atoms with E-state index in [-0.39, 0.29) is 11.9 Å². The molecule has 0 aromatic heterocycles. The molecule has 2 saturated heterocycles. The third-order valence-corrected chi connectivity index (χ3v) is 3.84. The fourth-order valence-electron chi connectivity index (χ4n) is 2.96. The van der Waals surface area contributed by atoms with E-state index < -0.39 is 6.03 Å². The molecule has 4 N–H and O–H groups in total. The highest BCUT2D eigenvalue weighted by atomic mass is 16.2. The van der Waals surface area contributed by atoms with Crippen molar-refractivity contribution in [2.75, 3.05) is 19.6 Å². The molecule has 0 radical (unpaired) electrons. The predicted molar refractivity (Wildman–Crippen MR) is 63.3 cm³/mol. The minimum absolute atomic E-state index is 0.296. The van der Waals surface area contributed by atoms with E-state index in [2.05, 4.69) is 15.5 Å². The molecule has 17 heavy (non-hydrogen) atoms. The molecule has 0 saturated carbocycles. The zero-order valence-electron chi connectivity index (χ0n) is 10.1. The van der Waals surface area contributed by atoms with Gasteiger partial charge in [-0.2, -0.15) is 0 Å². The highest BCUT2D eigenvalue weighted by molar-refractivity contribution is 5.96. The van der Waals surface area contributed by atoms with Gasteiger partial charge in [0.25, 0.3) is 0 Å². The molecule has 0 bridgehead atoms. The maximum atomic E-state index is 11.8. The highest BCUT2D eigenvalue weighted by Crippen LogP contribution is 2.27. The second-order valence-corrected chi connectivity index (χ2v) is 4.90. The Labute approximate surface area is 101 Å². The molecular weight excluding hydrogens is 220 g/mol. The Morgan fingerprint density at radius 3 is 2.94 bits per heavy atom. The van der Waals surface area contributed by atoms with Crippen LogP contribution < -0.4 is 16.4 Å². The molecular formula is C11H20N4O2. The second kappa shape index (κ2) is 5.01. The molecule has 96 valence electrons. The standard InChI is InChI=1S/C11H20N4O2/c1-7(10(16)14-11(12)17)15-4-2-3-8-5-13-6-9(8)15/h7-9,13H,2-6H2,1H3,(H3,12,14,16,17). The zero-order chi connectivity index (χ0) is 12.4. The van der Waals surface area contributed by atoms with Crippen molar-refractivity contribution in [2.45, 2.75) is 31.8 Å². The van der Waals surface area contributed by atoms with Crippen molar-refractivity contribution >= 4 is 11.9 Å². The molecule has 2 aliphatic rings. The summed E-state index contributed by atoms with van der Waals surface area (Å²) < 4.78 is 0. The molecule has 3 atom stereocenters. The Kier molecular flexibility index (Phi) is 3.63. The van der Waals surface area contributed by atoms with Gasteiger partial charge in [-0.15, -0.1) is 0 Å². The van der Waals surface area contributed by atoms with Gasteiger partial charge < -0.3 is 11.1 Å². The van der Waals surface area contributed by atoms with Gasteiger partial charge in [-0.1, -0.05) is 0 Å². The van der Waals surface area contributed by atoms with Gasteiger partial charge in [-0.25, -0.2) is 4.79 Å². The number of rotatable bonds is 2. The Morgan fingerprint density at radius 1 is 1.47 bits per heavy atom. The number of fused-ring (bicyclic) bond motifs is 1. The van der Waals surface area contributed by atoms with E-state index in [1.807, 2.05) is 6.92 Å². The Hall–Kier alpha value is -1.14. The summed E-state index contributed by atoms with van der Waals surface area (Å²) in [6.45, 7) is 4.71. The van der Waals surface area contributed by atoms with Gasteiger partial charge in [0.2, 0.25) is 5.91 Å². The molecule has 0 spiro atoms. The summed E-state index contributed by atoms with van der Waals surface area (Å²) in [5.41, 5.74) is 4.97. The van der Waals surface area contributed by atoms with E-state index in [4.69, 9.17) is 5.73 Å². The van der Waals surface area contributed by atoms with Crippen molar-refractivity contribution in [1.82, 2.24) is 15.5 Å². The summed E-state index contributed by atoms with van der Waals surface area (Å²) in [5, 5.41) is 5.52. The lowest BCUT2D eigenvalue weighted by Crippen LogP contribution is -2.55. The number of primary amides is 1. The second-order valence-electron chi connectivity index (χ2n) is 4.90. The third-order valence-electron chi connectivity index (χ3n) is 3.84. The topological polar surface area (TPSA) is 87.5 Å². The normalized spacial score (nSPS) is 30.6. The maximum Gasteiger partial charge on any atom is 0.318 e. The molecule has 3 amide bonds. The lowest BCUT2D eigenvalue weighted by atomic mass is 9.91. The smallest absolute Gasteiger partial charge is 0.318 e. The van der Waals surface area contributed by atoms with E-state index in [9.17, 15) is 9.59 Å². The van der Waals surface area contributed by atoms with Crippen LogP contribution in [-0.2, 0) is 4.79 Å². The first-order chi connectivity index (χ1) is 8.09. The van der Waals surface area contributed by atoms with Gasteiger partial charge in [0.15, 0.2) is 0 Å². The first kappa shape index (κ1) is 12.3. The molecule has 2 fully saturated rings. The number of likely N-dealkylation sites (tertiary alicyclic amines) is 1. The molecule has 2 heterocycles. The van der Waals surface area contributed by atoms with Gasteiger partial charge in [0.05, 0.1) is 6.04 Å². The number of nitrogens with one attached hydrogen (secondary N) is 2. The van der Waals surface area contributed by atoms with Crippen molar-refractivity contribution < 1.29 is 9.59 Å². The van der Waals surface area contributed by atoms with Crippen molar-refractivity contribution in [3.63, 3.8) is 0 Å². The molecule has 0 aromatic rings. The van der Waals surface area contributed by atoms with Crippen molar-refractivity contribution in [1.29, 1.82) is 0 Å². The predicted octanol–water partition coefficient (Wildman–Crippen LogP) is -0.746. The van der Waals surface area contributed by atoms with Crippen molar-refractivity contribution in [3.05, 3.63) is 0 Å². The van der Waals surface area contributed by atoms with E-state index in [1.165, 1.54) is 6.42 Å². The minimum Gasteiger partial charge on any atom is -0.351 e. The average molecular weight is 240 g/mol. The zero-order valence-corrected chi connectivity index (χ0v) is 10.1. The Bertz CT molecular complexity index is 321. The molecule has 6 heteroatoms. The fourth-order valence-corrected chi connectivity index (χ4v) is 2.96. The summed E-state index contributed by atoms with van der Waals surface area (Å²) in [5.74, 6) is 0.331. The Balaban J connectivity index is 2.00. The summed E-state index contributed by atoms with van der Waals surface area (Å²) in [7, 11) is 0. The summed E-state index contributed by atoms with van der Waals surface area (Å²) in [4.78, 5) is 24.6. The van der Waals surface area contributed by atoms with E-state index >= 15 is 0 Å². The van der Waals surface area contributed by atoms with Crippen LogP contribution in [0.5, 0.6) is 0 Å². The Morgan fingerprint density at radius 2 is 2.24 bits per heavy atom. The van der Waals surface area contributed by atoms with Crippen LogP contribution in [0.3, 0.4) is 0 Å². The number of hydrogen-bond acceptors (Lipinski definition) is 4.